The van der Waals surface area contributed by atoms with Crippen molar-refractivity contribution < 1.29 is 14.3 Å². The SMILES string of the molecule is CCC(C)(C)NC(=O)C(C)Oc1ccc(C)cc1C(C)=O. The van der Waals surface area contributed by atoms with Gasteiger partial charge in [0.05, 0.1) is 5.56 Å². The van der Waals surface area contributed by atoms with Gasteiger partial charge in [0.2, 0.25) is 0 Å². The second kappa shape index (κ2) is 6.74. The van der Waals surface area contributed by atoms with Crippen molar-refractivity contribution >= 4 is 11.7 Å². The van der Waals surface area contributed by atoms with E-state index in [0.29, 0.717) is 11.3 Å². The summed E-state index contributed by atoms with van der Waals surface area (Å²) in [5, 5.41) is 2.94. The first-order valence-electron chi connectivity index (χ1n) is 7.26. The minimum atomic E-state index is -0.656. The van der Waals surface area contributed by atoms with Gasteiger partial charge in [-0.3, -0.25) is 9.59 Å². The summed E-state index contributed by atoms with van der Waals surface area (Å²) in [5.41, 5.74) is 1.21. The van der Waals surface area contributed by atoms with Crippen molar-refractivity contribution in [1.82, 2.24) is 5.32 Å². The maximum absolute atomic E-state index is 12.1. The van der Waals surface area contributed by atoms with Gasteiger partial charge in [-0.15, -0.1) is 0 Å². The lowest BCUT2D eigenvalue weighted by Gasteiger charge is -2.27. The number of ether oxygens (including phenoxy) is 1. The third-order valence-corrected chi connectivity index (χ3v) is 3.53. The summed E-state index contributed by atoms with van der Waals surface area (Å²) in [5.74, 6) is 0.192. The molecule has 1 atom stereocenters. The molecule has 4 nitrogen and oxygen atoms in total. The van der Waals surface area contributed by atoms with Crippen LogP contribution in [0.1, 0.15) is 57.0 Å². The summed E-state index contributed by atoms with van der Waals surface area (Å²) in [6.45, 7) is 11.0. The van der Waals surface area contributed by atoms with Gasteiger partial charge >= 0.3 is 0 Å². The average Bonchev–Trinajstić information content (AvgIpc) is 2.40. The van der Waals surface area contributed by atoms with Crippen molar-refractivity contribution in [2.24, 2.45) is 0 Å². The molecule has 4 heteroatoms. The van der Waals surface area contributed by atoms with E-state index in [1.54, 1.807) is 19.1 Å². The van der Waals surface area contributed by atoms with Crippen LogP contribution in [0.5, 0.6) is 5.75 Å². The van der Waals surface area contributed by atoms with Crippen molar-refractivity contribution in [3.05, 3.63) is 29.3 Å². The highest BCUT2D eigenvalue weighted by molar-refractivity contribution is 5.97. The van der Waals surface area contributed by atoms with Crippen molar-refractivity contribution in [3.63, 3.8) is 0 Å². The maximum Gasteiger partial charge on any atom is 0.261 e. The maximum atomic E-state index is 12.1. The fourth-order valence-corrected chi connectivity index (χ4v) is 1.79. The molecule has 0 aliphatic carbocycles. The van der Waals surface area contributed by atoms with E-state index in [1.165, 1.54) is 6.92 Å². The highest BCUT2D eigenvalue weighted by Crippen LogP contribution is 2.22. The quantitative estimate of drug-likeness (QED) is 0.818. The number of aryl methyl sites for hydroxylation is 1. The minimum absolute atomic E-state index is 0.0739. The first kappa shape index (κ1) is 17.2. The smallest absolute Gasteiger partial charge is 0.261 e. The van der Waals surface area contributed by atoms with Gasteiger partial charge < -0.3 is 10.1 Å². The first-order chi connectivity index (χ1) is 9.66. The van der Waals surface area contributed by atoms with Gasteiger partial charge in [0, 0.05) is 5.54 Å². The number of ketones is 1. The molecule has 0 aliphatic heterocycles. The molecule has 0 fully saturated rings. The number of amides is 1. The third-order valence-electron chi connectivity index (χ3n) is 3.53. The zero-order valence-corrected chi connectivity index (χ0v) is 13.7. The molecule has 0 radical (unpaired) electrons. The van der Waals surface area contributed by atoms with E-state index in [4.69, 9.17) is 4.74 Å². The first-order valence-corrected chi connectivity index (χ1v) is 7.26. The fraction of sp³-hybridized carbons (Fsp3) is 0.529. The Kier molecular flexibility index (Phi) is 5.53. The van der Waals surface area contributed by atoms with Crippen LogP contribution in [0.15, 0.2) is 18.2 Å². The molecule has 1 amide bonds. The summed E-state index contributed by atoms with van der Waals surface area (Å²) in [6.07, 6.45) is 0.172. The van der Waals surface area contributed by atoms with Crippen molar-refractivity contribution in [2.75, 3.05) is 0 Å². The average molecular weight is 291 g/mol. The third kappa shape index (κ3) is 4.88. The van der Waals surface area contributed by atoms with Gasteiger partial charge in [-0.25, -0.2) is 0 Å². The molecule has 1 rings (SSSR count). The molecular formula is C17H25NO3. The summed E-state index contributed by atoms with van der Waals surface area (Å²) >= 11 is 0. The Hall–Kier alpha value is -1.84. The van der Waals surface area contributed by atoms with E-state index in [1.807, 2.05) is 33.8 Å². The Bertz CT molecular complexity index is 535. The summed E-state index contributed by atoms with van der Waals surface area (Å²) < 4.78 is 5.68. The Morgan fingerprint density at radius 1 is 1.33 bits per heavy atom. The van der Waals surface area contributed by atoms with E-state index in [0.717, 1.165) is 12.0 Å². The number of benzene rings is 1. The Morgan fingerprint density at radius 3 is 2.48 bits per heavy atom. The van der Waals surface area contributed by atoms with Crippen molar-refractivity contribution in [1.29, 1.82) is 0 Å². The zero-order valence-electron chi connectivity index (χ0n) is 13.7. The number of nitrogens with one attached hydrogen (secondary N) is 1. The summed E-state index contributed by atoms with van der Waals surface area (Å²) in [6, 6.07) is 5.38. The molecule has 116 valence electrons. The Balaban J connectivity index is 2.86. The summed E-state index contributed by atoms with van der Waals surface area (Å²) in [4.78, 5) is 23.8. The Labute approximate surface area is 126 Å². The lowest BCUT2D eigenvalue weighted by molar-refractivity contribution is -0.129. The molecule has 1 unspecified atom stereocenters. The standard InChI is InChI=1S/C17H25NO3/c1-7-17(5,6)18-16(20)13(4)21-15-9-8-11(2)10-14(15)12(3)19/h8-10,13H,7H2,1-6H3,(H,18,20). The lowest BCUT2D eigenvalue weighted by Crippen LogP contribution is -2.48. The van der Waals surface area contributed by atoms with Crippen LogP contribution in [0.4, 0.5) is 0 Å². The van der Waals surface area contributed by atoms with Gasteiger partial charge in [0.25, 0.3) is 5.91 Å². The molecule has 0 heterocycles. The monoisotopic (exact) mass is 291 g/mol. The van der Waals surface area contributed by atoms with Gasteiger partial charge in [0.15, 0.2) is 11.9 Å². The number of carbonyl (C=O) groups is 2. The van der Waals surface area contributed by atoms with Crippen LogP contribution in [0.3, 0.4) is 0 Å². The largest absolute Gasteiger partial charge is 0.480 e. The molecule has 21 heavy (non-hydrogen) atoms. The molecule has 1 aromatic carbocycles. The molecule has 1 aromatic rings. The predicted octanol–water partition coefficient (Wildman–Crippen LogP) is 3.27. The number of hydrogen-bond acceptors (Lipinski definition) is 3. The minimum Gasteiger partial charge on any atom is -0.480 e. The van der Waals surface area contributed by atoms with Crippen molar-refractivity contribution in [3.8, 4) is 5.75 Å². The van der Waals surface area contributed by atoms with Gasteiger partial charge in [0.1, 0.15) is 5.75 Å². The van der Waals surface area contributed by atoms with E-state index < -0.39 is 6.10 Å². The Morgan fingerprint density at radius 2 is 1.95 bits per heavy atom. The normalized spacial score (nSPS) is 12.7. The number of hydrogen-bond donors (Lipinski definition) is 1. The second-order valence-electron chi connectivity index (χ2n) is 6.04. The molecule has 0 aliphatic rings. The number of Topliss-reactive ketones (excluding diaryl/α,β-unsaturated/α-hetero) is 1. The molecule has 0 saturated heterocycles. The molecular weight excluding hydrogens is 266 g/mol. The fourth-order valence-electron chi connectivity index (χ4n) is 1.79. The van der Waals surface area contributed by atoms with Gasteiger partial charge in [-0.1, -0.05) is 18.6 Å². The number of carbonyl (C=O) groups excluding carboxylic acids is 2. The van der Waals surface area contributed by atoms with Crippen LogP contribution in [0.25, 0.3) is 0 Å². The van der Waals surface area contributed by atoms with Crippen molar-refractivity contribution in [2.45, 2.75) is 59.6 Å². The molecule has 0 bridgehead atoms. The molecule has 0 aromatic heterocycles. The van der Waals surface area contributed by atoms with Gasteiger partial charge in [-0.2, -0.15) is 0 Å². The molecule has 1 N–H and O–H groups in total. The molecule has 0 spiro atoms. The second-order valence-corrected chi connectivity index (χ2v) is 6.04. The van der Waals surface area contributed by atoms with E-state index in [-0.39, 0.29) is 17.2 Å². The van der Waals surface area contributed by atoms with E-state index >= 15 is 0 Å². The summed E-state index contributed by atoms with van der Waals surface area (Å²) in [7, 11) is 0. The topological polar surface area (TPSA) is 55.4 Å². The highest BCUT2D eigenvalue weighted by atomic mass is 16.5. The van der Waals surface area contributed by atoms with E-state index in [2.05, 4.69) is 5.32 Å². The zero-order chi connectivity index (χ0) is 16.2. The van der Waals surface area contributed by atoms with E-state index in [9.17, 15) is 9.59 Å². The van der Waals surface area contributed by atoms with Crippen LogP contribution in [0, 0.1) is 6.92 Å². The predicted molar refractivity (Wildman–Crippen MR) is 83.8 cm³/mol. The lowest BCUT2D eigenvalue weighted by atomic mass is 10.0. The van der Waals surface area contributed by atoms with Crippen LogP contribution < -0.4 is 10.1 Å². The molecule has 0 saturated carbocycles. The van der Waals surface area contributed by atoms with Crippen LogP contribution in [-0.4, -0.2) is 23.3 Å². The highest BCUT2D eigenvalue weighted by Gasteiger charge is 2.23. The number of rotatable bonds is 6. The van der Waals surface area contributed by atoms with Crippen LogP contribution >= 0.6 is 0 Å². The van der Waals surface area contributed by atoms with Crippen LogP contribution in [0.2, 0.25) is 0 Å². The van der Waals surface area contributed by atoms with Gasteiger partial charge in [-0.05, 0) is 53.2 Å². The van der Waals surface area contributed by atoms with Crippen LogP contribution in [-0.2, 0) is 4.79 Å².